The average Bonchev–Trinajstić information content (AvgIpc) is 2.49. The van der Waals surface area contributed by atoms with Crippen molar-refractivity contribution < 1.29 is 9.47 Å². The molecule has 0 fully saturated rings. The van der Waals surface area contributed by atoms with E-state index in [2.05, 4.69) is 37.4 Å². The first-order valence-electron chi connectivity index (χ1n) is 7.14. The van der Waals surface area contributed by atoms with Gasteiger partial charge in [0.15, 0.2) is 0 Å². The molecule has 0 unspecified atom stereocenters. The van der Waals surface area contributed by atoms with Gasteiger partial charge in [0.25, 0.3) is 0 Å². The van der Waals surface area contributed by atoms with Crippen LogP contribution in [0.1, 0.15) is 22.3 Å². The first-order chi connectivity index (χ1) is 10.1. The van der Waals surface area contributed by atoms with Gasteiger partial charge in [-0.1, -0.05) is 23.8 Å². The van der Waals surface area contributed by atoms with Gasteiger partial charge in [-0.15, -0.1) is 0 Å². The van der Waals surface area contributed by atoms with Crippen molar-refractivity contribution >= 4 is 0 Å². The Morgan fingerprint density at radius 2 is 1.81 bits per heavy atom. The maximum Gasteiger partial charge on any atom is 0.124 e. The van der Waals surface area contributed by atoms with Crippen molar-refractivity contribution in [1.29, 1.82) is 0 Å². The summed E-state index contributed by atoms with van der Waals surface area (Å²) in [5, 5.41) is 3.16. The summed E-state index contributed by atoms with van der Waals surface area (Å²) in [5.74, 6) is 1.74. The third-order valence-corrected chi connectivity index (χ3v) is 3.52. The summed E-state index contributed by atoms with van der Waals surface area (Å²) in [7, 11) is 3.60. The summed E-state index contributed by atoms with van der Waals surface area (Å²) in [4.78, 5) is 0. The van der Waals surface area contributed by atoms with Crippen molar-refractivity contribution in [3.8, 4) is 11.5 Å². The van der Waals surface area contributed by atoms with E-state index in [1.54, 1.807) is 7.11 Å². The molecule has 21 heavy (non-hydrogen) atoms. The van der Waals surface area contributed by atoms with Crippen LogP contribution in [0.15, 0.2) is 36.4 Å². The van der Waals surface area contributed by atoms with E-state index in [1.807, 2.05) is 25.2 Å². The Hall–Kier alpha value is -2.00. The Kier molecular flexibility index (Phi) is 5.23. The van der Waals surface area contributed by atoms with Crippen molar-refractivity contribution in [1.82, 2.24) is 5.32 Å². The van der Waals surface area contributed by atoms with Crippen molar-refractivity contribution in [2.75, 3.05) is 14.2 Å². The van der Waals surface area contributed by atoms with Gasteiger partial charge >= 0.3 is 0 Å². The molecule has 0 aliphatic rings. The average molecular weight is 285 g/mol. The molecule has 3 heteroatoms. The molecule has 3 nitrogen and oxygen atoms in total. The van der Waals surface area contributed by atoms with E-state index in [-0.39, 0.29) is 0 Å². The number of aryl methyl sites for hydroxylation is 2. The Balaban J connectivity index is 2.17. The molecule has 0 saturated carbocycles. The van der Waals surface area contributed by atoms with Crippen LogP contribution in [-0.2, 0) is 13.2 Å². The molecular formula is C18H23NO2. The monoisotopic (exact) mass is 285 g/mol. The first kappa shape index (κ1) is 15.4. The standard InChI is InChI=1S/C18H23NO2/c1-13-5-6-14(2)16(9-13)12-21-18-8-7-17(20-4)10-15(18)11-19-3/h5-10,19H,11-12H2,1-4H3. The molecule has 0 amide bonds. The SMILES string of the molecule is CNCc1cc(OC)ccc1OCc1cc(C)ccc1C. The number of hydrogen-bond acceptors (Lipinski definition) is 3. The molecule has 0 spiro atoms. The number of benzene rings is 2. The lowest BCUT2D eigenvalue weighted by Crippen LogP contribution is -2.08. The first-order valence-corrected chi connectivity index (χ1v) is 7.14. The van der Waals surface area contributed by atoms with Gasteiger partial charge < -0.3 is 14.8 Å². The predicted molar refractivity (Wildman–Crippen MR) is 86.0 cm³/mol. The molecule has 0 aliphatic carbocycles. The van der Waals surface area contributed by atoms with Crippen LogP contribution in [0.2, 0.25) is 0 Å². The van der Waals surface area contributed by atoms with Crippen LogP contribution in [0, 0.1) is 13.8 Å². The molecule has 0 aliphatic heterocycles. The summed E-state index contributed by atoms with van der Waals surface area (Å²) < 4.78 is 11.3. The van der Waals surface area contributed by atoms with Crippen molar-refractivity contribution in [3.63, 3.8) is 0 Å². The minimum Gasteiger partial charge on any atom is -0.497 e. The van der Waals surface area contributed by atoms with Gasteiger partial charge in [0.1, 0.15) is 18.1 Å². The van der Waals surface area contributed by atoms with E-state index in [1.165, 1.54) is 16.7 Å². The molecule has 0 radical (unpaired) electrons. The number of methoxy groups -OCH3 is 1. The molecular weight excluding hydrogens is 262 g/mol. The molecule has 0 heterocycles. The fourth-order valence-electron chi connectivity index (χ4n) is 2.26. The summed E-state index contributed by atoms with van der Waals surface area (Å²) in [6.07, 6.45) is 0. The van der Waals surface area contributed by atoms with Gasteiger partial charge in [0.2, 0.25) is 0 Å². The number of nitrogens with one attached hydrogen (secondary N) is 1. The van der Waals surface area contributed by atoms with E-state index >= 15 is 0 Å². The molecule has 2 aromatic rings. The van der Waals surface area contributed by atoms with Crippen LogP contribution in [0.4, 0.5) is 0 Å². The minimum absolute atomic E-state index is 0.580. The number of rotatable bonds is 6. The second kappa shape index (κ2) is 7.14. The molecule has 0 aromatic heterocycles. The maximum absolute atomic E-state index is 6.02. The van der Waals surface area contributed by atoms with E-state index in [0.717, 1.165) is 23.6 Å². The smallest absolute Gasteiger partial charge is 0.124 e. The molecule has 2 rings (SSSR count). The summed E-state index contributed by atoms with van der Waals surface area (Å²) in [6, 6.07) is 12.3. The zero-order valence-electron chi connectivity index (χ0n) is 13.2. The Bertz CT molecular complexity index is 608. The normalized spacial score (nSPS) is 10.5. The summed E-state index contributed by atoms with van der Waals surface area (Å²) in [5.41, 5.74) is 4.83. The predicted octanol–water partition coefficient (Wildman–Crippen LogP) is 3.61. The second-order valence-electron chi connectivity index (χ2n) is 5.22. The molecule has 1 N–H and O–H groups in total. The maximum atomic E-state index is 6.02. The third-order valence-electron chi connectivity index (χ3n) is 3.52. The highest BCUT2D eigenvalue weighted by Gasteiger charge is 2.07. The highest BCUT2D eigenvalue weighted by molar-refractivity contribution is 5.40. The van der Waals surface area contributed by atoms with Crippen LogP contribution in [0.5, 0.6) is 11.5 Å². The van der Waals surface area contributed by atoms with E-state index < -0.39 is 0 Å². The van der Waals surface area contributed by atoms with E-state index in [0.29, 0.717) is 6.61 Å². The topological polar surface area (TPSA) is 30.5 Å². The molecule has 112 valence electrons. The molecule has 0 atom stereocenters. The lowest BCUT2D eigenvalue weighted by Gasteiger charge is -2.14. The van der Waals surface area contributed by atoms with Crippen molar-refractivity contribution in [3.05, 3.63) is 58.7 Å². The molecule has 0 saturated heterocycles. The minimum atomic E-state index is 0.580. The highest BCUT2D eigenvalue weighted by atomic mass is 16.5. The Morgan fingerprint density at radius 1 is 1.00 bits per heavy atom. The van der Waals surface area contributed by atoms with Crippen LogP contribution >= 0.6 is 0 Å². The van der Waals surface area contributed by atoms with Gasteiger partial charge in [-0.3, -0.25) is 0 Å². The lowest BCUT2D eigenvalue weighted by atomic mass is 10.1. The fraction of sp³-hybridized carbons (Fsp3) is 0.333. The second-order valence-corrected chi connectivity index (χ2v) is 5.22. The van der Waals surface area contributed by atoms with Crippen LogP contribution in [0.25, 0.3) is 0 Å². The highest BCUT2D eigenvalue weighted by Crippen LogP contribution is 2.25. The van der Waals surface area contributed by atoms with Gasteiger partial charge in [-0.2, -0.15) is 0 Å². The molecule has 0 bridgehead atoms. The fourth-order valence-corrected chi connectivity index (χ4v) is 2.26. The Morgan fingerprint density at radius 3 is 2.52 bits per heavy atom. The van der Waals surface area contributed by atoms with Gasteiger partial charge in [0, 0.05) is 12.1 Å². The lowest BCUT2D eigenvalue weighted by molar-refractivity contribution is 0.300. The van der Waals surface area contributed by atoms with Gasteiger partial charge in [-0.25, -0.2) is 0 Å². The molecule has 2 aromatic carbocycles. The summed E-state index contributed by atoms with van der Waals surface area (Å²) in [6.45, 7) is 5.54. The van der Waals surface area contributed by atoms with Gasteiger partial charge in [-0.05, 0) is 50.2 Å². The zero-order chi connectivity index (χ0) is 15.2. The largest absolute Gasteiger partial charge is 0.497 e. The van der Waals surface area contributed by atoms with Crippen LogP contribution in [0.3, 0.4) is 0 Å². The van der Waals surface area contributed by atoms with Crippen LogP contribution < -0.4 is 14.8 Å². The zero-order valence-corrected chi connectivity index (χ0v) is 13.2. The van der Waals surface area contributed by atoms with E-state index in [9.17, 15) is 0 Å². The Labute approximate surface area is 126 Å². The van der Waals surface area contributed by atoms with Crippen LogP contribution in [-0.4, -0.2) is 14.2 Å². The quantitative estimate of drug-likeness (QED) is 0.879. The summed E-state index contributed by atoms with van der Waals surface area (Å²) >= 11 is 0. The van der Waals surface area contributed by atoms with E-state index in [4.69, 9.17) is 9.47 Å². The third kappa shape index (κ3) is 3.99. The van der Waals surface area contributed by atoms with Gasteiger partial charge in [0.05, 0.1) is 7.11 Å². The van der Waals surface area contributed by atoms with Crippen molar-refractivity contribution in [2.24, 2.45) is 0 Å². The number of hydrogen-bond donors (Lipinski definition) is 1. The van der Waals surface area contributed by atoms with Crippen molar-refractivity contribution in [2.45, 2.75) is 27.0 Å². The number of ether oxygens (including phenoxy) is 2.